The van der Waals surface area contributed by atoms with Crippen molar-refractivity contribution in [3.8, 4) is 0 Å². The molecule has 2 aromatic rings. The van der Waals surface area contributed by atoms with Crippen LogP contribution in [0.25, 0.3) is 0 Å². The summed E-state index contributed by atoms with van der Waals surface area (Å²) in [5, 5.41) is 7.07. The molecule has 7 heteroatoms. The van der Waals surface area contributed by atoms with Gasteiger partial charge in [0, 0.05) is 48.9 Å². The maximum Gasteiger partial charge on any atom is 0.0383 e. The van der Waals surface area contributed by atoms with Gasteiger partial charge in [0.15, 0.2) is 0 Å². The molecule has 0 radical (unpaired) electrons. The van der Waals surface area contributed by atoms with Crippen molar-refractivity contribution in [2.75, 3.05) is 26.2 Å². The van der Waals surface area contributed by atoms with Gasteiger partial charge in [0.1, 0.15) is 0 Å². The number of allylic oxidation sites excluding steroid dienone is 1. The Balaban J connectivity index is -0.000000924. The third-order valence-electron chi connectivity index (χ3n) is 6.46. The maximum atomic E-state index is 6.04. The van der Waals surface area contributed by atoms with E-state index in [2.05, 4.69) is 119 Å². The van der Waals surface area contributed by atoms with E-state index < -0.39 is 0 Å². The van der Waals surface area contributed by atoms with E-state index >= 15 is 0 Å². The lowest BCUT2D eigenvalue weighted by molar-refractivity contribution is 0.434. The van der Waals surface area contributed by atoms with Gasteiger partial charge in [0.25, 0.3) is 0 Å². The second-order valence-electron chi connectivity index (χ2n) is 12.1. The molecule has 0 aromatic heterocycles. The van der Waals surface area contributed by atoms with E-state index in [0.29, 0.717) is 19.6 Å². The lowest BCUT2D eigenvalue weighted by atomic mass is 9.95. The zero-order chi connectivity index (χ0) is 36.5. The van der Waals surface area contributed by atoms with Gasteiger partial charge in [-0.05, 0) is 76.4 Å². The van der Waals surface area contributed by atoms with Gasteiger partial charge in [0.05, 0.1) is 0 Å². The molecule has 2 aromatic carbocycles. The van der Waals surface area contributed by atoms with Crippen LogP contribution in [0.2, 0.25) is 0 Å². The highest BCUT2D eigenvalue weighted by Gasteiger charge is 2.18. The molecule has 3 unspecified atom stereocenters. The maximum absolute atomic E-state index is 6.04. The number of aryl methyl sites for hydroxylation is 1. The van der Waals surface area contributed by atoms with Crippen molar-refractivity contribution in [2.45, 2.75) is 72.8 Å². The first-order chi connectivity index (χ1) is 22.4. The number of rotatable bonds is 17. The van der Waals surface area contributed by atoms with Crippen LogP contribution in [0.4, 0.5) is 0 Å². The van der Waals surface area contributed by atoms with E-state index in [1.165, 1.54) is 29.1 Å². The molecule has 2 rings (SSSR count). The Morgan fingerprint density at radius 2 is 1.26 bits per heavy atom. The van der Waals surface area contributed by atoms with Crippen LogP contribution in [-0.2, 0) is 6.42 Å². The van der Waals surface area contributed by atoms with Gasteiger partial charge in [-0.3, -0.25) is 0 Å². The summed E-state index contributed by atoms with van der Waals surface area (Å²) in [6.07, 6.45) is 7.21. The Morgan fingerprint density at radius 3 is 1.64 bits per heavy atom. The Labute approximate surface area is 289 Å². The fraction of sp³-hybridized carbons (Fsp3) is 0.450. The second-order valence-corrected chi connectivity index (χ2v) is 12.1. The van der Waals surface area contributed by atoms with Crippen LogP contribution in [0.5, 0.6) is 0 Å². The lowest BCUT2D eigenvalue weighted by Crippen LogP contribution is -2.39. The molecule has 0 heterocycles. The van der Waals surface area contributed by atoms with Crippen LogP contribution in [0.1, 0.15) is 64.5 Å². The summed E-state index contributed by atoms with van der Waals surface area (Å²) >= 11 is 0. The average Bonchev–Trinajstić information content (AvgIpc) is 3.03. The predicted molar refractivity (Wildman–Crippen MR) is 211 cm³/mol. The van der Waals surface area contributed by atoms with E-state index in [1.54, 1.807) is 0 Å². The summed E-state index contributed by atoms with van der Waals surface area (Å²) < 4.78 is 0. The molecule has 7 nitrogen and oxygen atoms in total. The molecule has 0 aliphatic carbocycles. The number of benzene rings is 2. The van der Waals surface area contributed by atoms with Crippen molar-refractivity contribution in [1.82, 2.24) is 10.6 Å². The summed E-state index contributed by atoms with van der Waals surface area (Å²) in [5.74, 6) is 1.27. The molecule has 3 atom stereocenters. The fourth-order valence-electron chi connectivity index (χ4n) is 3.99. The second kappa shape index (κ2) is 33.6. The van der Waals surface area contributed by atoms with E-state index in [-0.39, 0.29) is 17.9 Å². The zero-order valence-corrected chi connectivity index (χ0v) is 30.5. The third-order valence-corrected chi connectivity index (χ3v) is 6.46. The van der Waals surface area contributed by atoms with Gasteiger partial charge in [-0.25, -0.2) is 0 Å². The molecule has 12 N–H and O–H groups in total. The highest BCUT2D eigenvalue weighted by molar-refractivity contribution is 5.18. The summed E-state index contributed by atoms with van der Waals surface area (Å²) in [5.41, 5.74) is 32.7. The summed E-state index contributed by atoms with van der Waals surface area (Å²) in [6, 6.07) is 20.9. The van der Waals surface area contributed by atoms with Crippen molar-refractivity contribution in [2.24, 2.45) is 46.4 Å². The number of hydrogen-bond acceptors (Lipinski definition) is 7. The minimum atomic E-state index is 0.191. The molecule has 266 valence electrons. The van der Waals surface area contributed by atoms with Crippen molar-refractivity contribution in [3.05, 3.63) is 134 Å². The van der Waals surface area contributed by atoms with Crippen molar-refractivity contribution >= 4 is 0 Å². The van der Waals surface area contributed by atoms with E-state index in [1.807, 2.05) is 31.2 Å². The average molecular weight is 650 g/mol. The molecule has 0 aliphatic heterocycles. The zero-order valence-electron chi connectivity index (χ0n) is 30.5. The minimum absolute atomic E-state index is 0.191. The van der Waals surface area contributed by atoms with Crippen LogP contribution < -0.4 is 39.3 Å². The lowest BCUT2D eigenvalue weighted by Gasteiger charge is -2.28. The van der Waals surface area contributed by atoms with Gasteiger partial charge in [-0.1, -0.05) is 119 Å². The molecule has 0 amide bonds. The summed E-state index contributed by atoms with van der Waals surface area (Å²) in [7, 11) is 0. The smallest absolute Gasteiger partial charge is 0.0383 e. The quantitative estimate of drug-likeness (QED) is 0.0922. The molecule has 0 saturated carbocycles. The Bertz CT molecular complexity index is 1030. The number of hydrogen-bond donors (Lipinski definition) is 7. The van der Waals surface area contributed by atoms with Gasteiger partial charge in [0.2, 0.25) is 0 Å². The van der Waals surface area contributed by atoms with Crippen molar-refractivity contribution in [3.63, 3.8) is 0 Å². The van der Waals surface area contributed by atoms with Crippen LogP contribution in [0.15, 0.2) is 123 Å². The molecular formula is C40H71N7. The first-order valence-corrected chi connectivity index (χ1v) is 16.7. The molecular weight excluding hydrogens is 578 g/mol. The molecule has 0 spiro atoms. The van der Waals surface area contributed by atoms with Crippen LogP contribution >= 0.6 is 0 Å². The molecule has 0 bridgehead atoms. The van der Waals surface area contributed by atoms with Crippen LogP contribution in [-0.4, -0.2) is 32.2 Å². The van der Waals surface area contributed by atoms with Gasteiger partial charge in [-0.2, -0.15) is 0 Å². The van der Waals surface area contributed by atoms with Crippen LogP contribution in [0, 0.1) is 24.7 Å². The summed E-state index contributed by atoms with van der Waals surface area (Å²) in [4.78, 5) is 0. The van der Waals surface area contributed by atoms with Gasteiger partial charge in [-0.15, -0.1) is 6.58 Å². The molecule has 47 heavy (non-hydrogen) atoms. The van der Waals surface area contributed by atoms with Gasteiger partial charge >= 0.3 is 0 Å². The highest BCUT2D eigenvalue weighted by Crippen LogP contribution is 2.18. The standard InChI is InChI=1S/C25H43N5.C7H8.C4H10.2C2H5N/c1-19(2)12-13-25(17-28)30-21(4)23(11-8-14-26)18-29-20(3)24(16-27)15-22-9-6-5-7-10-22;1-7-5-3-2-4-6-7;1-4(2)3;2*1-2-3/h5-7,9-10,23-25,29-30H,1,3-4,8,11-18,26-28H2,2H3;2-6H,1H3;4H,1-3H3;2*2H,1,3H2. The van der Waals surface area contributed by atoms with E-state index in [0.717, 1.165) is 56.0 Å². The molecule has 0 saturated heterocycles. The number of nitrogens with two attached hydrogens (primary N) is 5. The van der Waals surface area contributed by atoms with Gasteiger partial charge < -0.3 is 39.3 Å². The SMILES string of the molecule is C=C(C)CCC(CN)NC(=C)C(CCCN)CNC(=C)C(CN)Cc1ccccc1.C=CN.C=CN.CC(C)C.Cc1ccccc1. The Kier molecular flexibility index (Phi) is 34.0. The molecule has 0 fully saturated rings. The Hall–Kier alpha value is -3.78. The third kappa shape index (κ3) is 32.0. The fourth-order valence-corrected chi connectivity index (χ4v) is 3.99. The first-order valence-electron chi connectivity index (χ1n) is 16.7. The first kappa shape index (κ1) is 47.6. The number of nitrogens with one attached hydrogen (secondary N) is 2. The largest absolute Gasteiger partial charge is 0.405 e. The topological polar surface area (TPSA) is 154 Å². The highest BCUT2D eigenvalue weighted by atomic mass is 15.0. The van der Waals surface area contributed by atoms with Crippen molar-refractivity contribution < 1.29 is 0 Å². The minimum Gasteiger partial charge on any atom is -0.405 e. The van der Waals surface area contributed by atoms with E-state index in [4.69, 9.17) is 17.2 Å². The summed E-state index contributed by atoms with van der Waals surface area (Å²) in [6.45, 7) is 32.0. The molecule has 0 aliphatic rings. The predicted octanol–water partition coefficient (Wildman–Crippen LogP) is 6.88. The normalized spacial score (nSPS) is 11.4. The van der Waals surface area contributed by atoms with E-state index in [9.17, 15) is 0 Å². The van der Waals surface area contributed by atoms with Crippen molar-refractivity contribution in [1.29, 1.82) is 0 Å². The monoisotopic (exact) mass is 650 g/mol. The Morgan fingerprint density at radius 1 is 0.766 bits per heavy atom. The van der Waals surface area contributed by atoms with Crippen LogP contribution in [0.3, 0.4) is 0 Å².